The van der Waals surface area contributed by atoms with E-state index in [0.717, 1.165) is 12.0 Å². The molecule has 0 spiro atoms. The molecule has 1 N–H and O–H groups in total. The zero-order chi connectivity index (χ0) is 17.5. The van der Waals surface area contributed by atoms with Crippen molar-refractivity contribution in [3.05, 3.63) is 69.7 Å². The standard InChI is InChI=1S/C19H22Cl2N2O/c1-23(2)16(10-14-6-4-3-5-7-14)13-22-19(24)12-15-8-9-17(20)18(21)11-15/h3-9,11,16H,10,12-13H2,1-2H3,(H,22,24). The number of benzene rings is 2. The summed E-state index contributed by atoms with van der Waals surface area (Å²) in [5.74, 6) is -0.0201. The third-order valence-electron chi connectivity index (χ3n) is 3.93. The summed E-state index contributed by atoms with van der Waals surface area (Å²) in [6, 6.07) is 15.8. The second kappa shape index (κ2) is 9.07. The molecule has 0 aromatic heterocycles. The van der Waals surface area contributed by atoms with Crippen molar-refractivity contribution in [1.29, 1.82) is 0 Å². The Bertz CT molecular complexity index is 674. The summed E-state index contributed by atoms with van der Waals surface area (Å²) in [5, 5.41) is 3.98. The van der Waals surface area contributed by atoms with Crippen LogP contribution >= 0.6 is 23.2 Å². The molecule has 0 bridgehead atoms. The average Bonchev–Trinajstić information content (AvgIpc) is 2.55. The van der Waals surface area contributed by atoms with Gasteiger partial charge in [0.05, 0.1) is 16.5 Å². The summed E-state index contributed by atoms with van der Waals surface area (Å²) in [6.45, 7) is 0.599. The number of likely N-dealkylation sites (N-methyl/N-ethyl adjacent to an activating group) is 1. The van der Waals surface area contributed by atoms with E-state index in [1.165, 1.54) is 5.56 Å². The van der Waals surface area contributed by atoms with Crippen molar-refractivity contribution in [1.82, 2.24) is 10.2 Å². The number of rotatable bonds is 7. The number of nitrogens with one attached hydrogen (secondary N) is 1. The number of hydrogen-bond donors (Lipinski definition) is 1. The van der Waals surface area contributed by atoms with E-state index in [1.54, 1.807) is 12.1 Å². The van der Waals surface area contributed by atoms with Gasteiger partial charge in [-0.25, -0.2) is 0 Å². The SMILES string of the molecule is CN(C)C(CNC(=O)Cc1ccc(Cl)c(Cl)c1)Cc1ccccc1. The monoisotopic (exact) mass is 364 g/mol. The molecule has 1 atom stereocenters. The first-order valence-electron chi connectivity index (χ1n) is 7.86. The van der Waals surface area contributed by atoms with E-state index in [1.807, 2.05) is 38.4 Å². The molecule has 0 fully saturated rings. The Morgan fingerprint density at radius 2 is 1.75 bits per heavy atom. The summed E-state index contributed by atoms with van der Waals surface area (Å²) in [5.41, 5.74) is 2.11. The number of amides is 1. The molecule has 0 saturated heterocycles. The first-order valence-corrected chi connectivity index (χ1v) is 8.62. The van der Waals surface area contributed by atoms with Crippen LogP contribution in [-0.2, 0) is 17.6 Å². The number of halogens is 2. The summed E-state index contributed by atoms with van der Waals surface area (Å²) >= 11 is 11.9. The van der Waals surface area contributed by atoms with Crippen LogP contribution in [0.1, 0.15) is 11.1 Å². The van der Waals surface area contributed by atoms with Gasteiger partial charge in [-0.05, 0) is 43.8 Å². The number of carbonyl (C=O) groups excluding carboxylic acids is 1. The summed E-state index contributed by atoms with van der Waals surface area (Å²) in [7, 11) is 4.05. The van der Waals surface area contributed by atoms with E-state index in [-0.39, 0.29) is 11.9 Å². The lowest BCUT2D eigenvalue weighted by molar-refractivity contribution is -0.120. The van der Waals surface area contributed by atoms with Crippen LogP contribution in [0.2, 0.25) is 10.0 Å². The van der Waals surface area contributed by atoms with Gasteiger partial charge in [0, 0.05) is 12.6 Å². The maximum atomic E-state index is 12.2. The van der Waals surface area contributed by atoms with Gasteiger partial charge in [0.15, 0.2) is 0 Å². The lowest BCUT2D eigenvalue weighted by Gasteiger charge is -2.24. The van der Waals surface area contributed by atoms with Crippen LogP contribution in [0.25, 0.3) is 0 Å². The number of carbonyl (C=O) groups is 1. The molecule has 1 unspecified atom stereocenters. The van der Waals surface area contributed by atoms with E-state index in [4.69, 9.17) is 23.2 Å². The third-order valence-corrected chi connectivity index (χ3v) is 4.67. The number of hydrogen-bond acceptors (Lipinski definition) is 2. The predicted molar refractivity (Wildman–Crippen MR) is 101 cm³/mol. The molecule has 2 aromatic carbocycles. The van der Waals surface area contributed by atoms with Crippen molar-refractivity contribution in [2.75, 3.05) is 20.6 Å². The van der Waals surface area contributed by atoms with Gasteiger partial charge in [-0.1, -0.05) is 59.6 Å². The smallest absolute Gasteiger partial charge is 0.224 e. The minimum absolute atomic E-state index is 0.0201. The molecule has 3 nitrogen and oxygen atoms in total. The van der Waals surface area contributed by atoms with Crippen LogP contribution < -0.4 is 5.32 Å². The van der Waals surface area contributed by atoms with Crippen LogP contribution in [-0.4, -0.2) is 37.5 Å². The van der Waals surface area contributed by atoms with Gasteiger partial charge in [0.25, 0.3) is 0 Å². The minimum atomic E-state index is -0.0201. The van der Waals surface area contributed by atoms with E-state index in [0.29, 0.717) is 23.0 Å². The molecular formula is C19H22Cl2N2O. The van der Waals surface area contributed by atoms with E-state index >= 15 is 0 Å². The molecular weight excluding hydrogens is 343 g/mol. The average molecular weight is 365 g/mol. The fraction of sp³-hybridized carbons (Fsp3) is 0.316. The lowest BCUT2D eigenvalue weighted by Crippen LogP contribution is -2.42. The molecule has 0 saturated carbocycles. The van der Waals surface area contributed by atoms with Crippen LogP contribution in [0.15, 0.2) is 48.5 Å². The summed E-state index contributed by atoms with van der Waals surface area (Å²) in [4.78, 5) is 14.3. The molecule has 2 rings (SSSR count). The van der Waals surface area contributed by atoms with E-state index in [2.05, 4.69) is 22.3 Å². The van der Waals surface area contributed by atoms with Crippen molar-refractivity contribution in [3.63, 3.8) is 0 Å². The Morgan fingerprint density at radius 3 is 2.38 bits per heavy atom. The largest absolute Gasteiger partial charge is 0.354 e. The molecule has 0 radical (unpaired) electrons. The topological polar surface area (TPSA) is 32.3 Å². The van der Waals surface area contributed by atoms with E-state index in [9.17, 15) is 4.79 Å². The highest BCUT2D eigenvalue weighted by Gasteiger charge is 2.14. The van der Waals surface area contributed by atoms with Crippen molar-refractivity contribution < 1.29 is 4.79 Å². The lowest BCUT2D eigenvalue weighted by atomic mass is 10.0. The molecule has 0 aliphatic carbocycles. The normalized spacial score (nSPS) is 12.2. The zero-order valence-electron chi connectivity index (χ0n) is 13.9. The van der Waals surface area contributed by atoms with Gasteiger partial charge in [-0.2, -0.15) is 0 Å². The van der Waals surface area contributed by atoms with Crippen molar-refractivity contribution in [2.24, 2.45) is 0 Å². The van der Waals surface area contributed by atoms with Gasteiger partial charge >= 0.3 is 0 Å². The summed E-state index contributed by atoms with van der Waals surface area (Å²) < 4.78 is 0. The third kappa shape index (κ3) is 5.82. The minimum Gasteiger partial charge on any atom is -0.354 e. The first-order chi connectivity index (χ1) is 11.5. The van der Waals surface area contributed by atoms with Crippen LogP contribution in [0.4, 0.5) is 0 Å². The molecule has 24 heavy (non-hydrogen) atoms. The fourth-order valence-electron chi connectivity index (χ4n) is 2.45. The second-order valence-corrected chi connectivity index (χ2v) is 6.85. The van der Waals surface area contributed by atoms with Gasteiger partial charge in [0.1, 0.15) is 0 Å². The van der Waals surface area contributed by atoms with Crippen LogP contribution in [0, 0.1) is 0 Å². The summed E-state index contributed by atoms with van der Waals surface area (Å²) in [6.07, 6.45) is 1.18. The quantitative estimate of drug-likeness (QED) is 0.809. The predicted octanol–water partition coefficient (Wildman–Crippen LogP) is 3.83. The highest BCUT2D eigenvalue weighted by atomic mass is 35.5. The van der Waals surface area contributed by atoms with E-state index < -0.39 is 0 Å². The highest BCUT2D eigenvalue weighted by molar-refractivity contribution is 6.42. The van der Waals surface area contributed by atoms with Crippen molar-refractivity contribution >= 4 is 29.1 Å². The molecule has 2 aromatic rings. The Balaban J connectivity index is 1.89. The first kappa shape index (κ1) is 18.8. The van der Waals surface area contributed by atoms with Crippen LogP contribution in [0.3, 0.4) is 0 Å². The van der Waals surface area contributed by atoms with Crippen molar-refractivity contribution in [2.45, 2.75) is 18.9 Å². The molecule has 0 heterocycles. The Labute approximate surface area is 153 Å². The second-order valence-electron chi connectivity index (χ2n) is 6.04. The zero-order valence-corrected chi connectivity index (χ0v) is 15.4. The Hall–Kier alpha value is -1.55. The maximum absolute atomic E-state index is 12.2. The fourth-order valence-corrected chi connectivity index (χ4v) is 2.77. The maximum Gasteiger partial charge on any atom is 0.224 e. The van der Waals surface area contributed by atoms with Gasteiger partial charge in [-0.3, -0.25) is 4.79 Å². The Morgan fingerprint density at radius 1 is 1.04 bits per heavy atom. The van der Waals surface area contributed by atoms with Gasteiger partial charge < -0.3 is 10.2 Å². The molecule has 0 aliphatic heterocycles. The number of nitrogens with zero attached hydrogens (tertiary/aromatic N) is 1. The molecule has 5 heteroatoms. The molecule has 0 aliphatic rings. The van der Waals surface area contributed by atoms with Crippen LogP contribution in [0.5, 0.6) is 0 Å². The van der Waals surface area contributed by atoms with Gasteiger partial charge in [0.2, 0.25) is 5.91 Å². The highest BCUT2D eigenvalue weighted by Crippen LogP contribution is 2.22. The Kier molecular flexibility index (Phi) is 7.10. The van der Waals surface area contributed by atoms with Gasteiger partial charge in [-0.15, -0.1) is 0 Å². The molecule has 1 amide bonds. The molecule has 128 valence electrons. The van der Waals surface area contributed by atoms with Crippen molar-refractivity contribution in [3.8, 4) is 0 Å².